The molecule has 1 fully saturated rings. The predicted octanol–water partition coefficient (Wildman–Crippen LogP) is 4.18. The van der Waals surface area contributed by atoms with Crippen LogP contribution in [0, 0.1) is 24.0 Å². The van der Waals surface area contributed by atoms with E-state index in [0.29, 0.717) is 28.4 Å². The second-order valence-corrected chi connectivity index (χ2v) is 7.00. The molecule has 142 valence electrons. The highest BCUT2D eigenvalue weighted by atomic mass is 16.6. The van der Waals surface area contributed by atoms with Crippen molar-refractivity contribution in [1.82, 2.24) is 15.2 Å². The minimum atomic E-state index is -0.493. The Labute approximate surface area is 161 Å². The summed E-state index contributed by atoms with van der Waals surface area (Å²) in [5.41, 5.74) is 3.33. The second-order valence-electron chi connectivity index (χ2n) is 7.00. The first-order chi connectivity index (χ1) is 13.5. The second kappa shape index (κ2) is 6.88. The lowest BCUT2D eigenvalue weighted by atomic mass is 9.98. The molecule has 4 rings (SSSR count). The molecule has 0 atom stereocenters. The van der Waals surface area contributed by atoms with Crippen LogP contribution in [0.3, 0.4) is 0 Å². The number of nitro groups is 1. The summed E-state index contributed by atoms with van der Waals surface area (Å²) in [6.07, 6.45) is 3.66. The maximum Gasteiger partial charge on any atom is 0.333 e. The van der Waals surface area contributed by atoms with Gasteiger partial charge in [-0.1, -0.05) is 24.3 Å². The maximum absolute atomic E-state index is 13.2. The minimum absolute atomic E-state index is 0.0780. The Balaban J connectivity index is 1.79. The van der Waals surface area contributed by atoms with E-state index in [1.54, 1.807) is 31.3 Å². The highest BCUT2D eigenvalue weighted by molar-refractivity contribution is 6.13. The molecule has 2 aromatic heterocycles. The van der Waals surface area contributed by atoms with Gasteiger partial charge in [0.25, 0.3) is 0 Å². The molecule has 2 N–H and O–H groups in total. The van der Waals surface area contributed by atoms with Crippen LogP contribution in [0.15, 0.2) is 36.5 Å². The third-order valence-electron chi connectivity index (χ3n) is 4.91. The Morgan fingerprint density at radius 2 is 2.00 bits per heavy atom. The first-order valence-corrected chi connectivity index (χ1v) is 9.02. The molecular formula is C20H19N5O3. The number of hydrogen-bond acceptors (Lipinski definition) is 6. The summed E-state index contributed by atoms with van der Waals surface area (Å²) < 4.78 is 0. The van der Waals surface area contributed by atoms with Gasteiger partial charge in [0.2, 0.25) is 5.82 Å². The van der Waals surface area contributed by atoms with E-state index in [0.717, 1.165) is 24.1 Å². The number of ketones is 1. The smallest absolute Gasteiger partial charge is 0.332 e. The lowest BCUT2D eigenvalue weighted by Crippen LogP contribution is -2.09. The van der Waals surface area contributed by atoms with E-state index in [4.69, 9.17) is 0 Å². The summed E-state index contributed by atoms with van der Waals surface area (Å²) in [5.74, 6) is 0.263. The maximum atomic E-state index is 13.2. The van der Waals surface area contributed by atoms with Crippen molar-refractivity contribution < 1.29 is 9.72 Å². The van der Waals surface area contributed by atoms with Crippen molar-refractivity contribution in [2.24, 2.45) is 0 Å². The van der Waals surface area contributed by atoms with Gasteiger partial charge in [-0.15, -0.1) is 5.10 Å². The quantitative estimate of drug-likeness (QED) is 0.378. The number of anilines is 2. The molecule has 8 heteroatoms. The van der Waals surface area contributed by atoms with Crippen molar-refractivity contribution in [3.05, 3.63) is 74.7 Å². The van der Waals surface area contributed by atoms with Crippen LogP contribution in [0.5, 0.6) is 0 Å². The fourth-order valence-corrected chi connectivity index (χ4v) is 3.19. The van der Waals surface area contributed by atoms with Gasteiger partial charge in [-0.25, -0.2) is 0 Å². The summed E-state index contributed by atoms with van der Waals surface area (Å²) in [7, 11) is 0. The van der Waals surface area contributed by atoms with Gasteiger partial charge in [-0.3, -0.25) is 25.0 Å². The van der Waals surface area contributed by atoms with Gasteiger partial charge in [0.1, 0.15) is 5.69 Å². The first kappa shape index (κ1) is 17.8. The van der Waals surface area contributed by atoms with Crippen molar-refractivity contribution in [1.29, 1.82) is 0 Å². The molecule has 0 aliphatic heterocycles. The number of pyridine rings is 1. The highest BCUT2D eigenvalue weighted by Gasteiger charge is 2.28. The molecule has 1 saturated carbocycles. The molecular weight excluding hydrogens is 358 g/mol. The Bertz CT molecular complexity index is 1090. The van der Waals surface area contributed by atoms with Crippen LogP contribution in [-0.2, 0) is 0 Å². The van der Waals surface area contributed by atoms with E-state index in [9.17, 15) is 14.9 Å². The van der Waals surface area contributed by atoms with Gasteiger partial charge >= 0.3 is 5.69 Å². The van der Waals surface area contributed by atoms with Gasteiger partial charge in [0.05, 0.1) is 16.2 Å². The number of nitrogens with one attached hydrogen (secondary N) is 2. The minimum Gasteiger partial charge on any atom is -0.332 e. The van der Waals surface area contributed by atoms with E-state index < -0.39 is 4.92 Å². The van der Waals surface area contributed by atoms with Gasteiger partial charge in [-0.2, -0.15) is 0 Å². The third kappa shape index (κ3) is 3.24. The molecule has 2 heterocycles. The number of benzene rings is 1. The number of H-pyrrole nitrogens is 1. The van der Waals surface area contributed by atoms with Crippen molar-refractivity contribution in [3.63, 3.8) is 0 Å². The molecule has 28 heavy (non-hydrogen) atoms. The normalized spacial score (nSPS) is 13.4. The molecule has 0 unspecified atom stereocenters. The number of aryl methyl sites for hydroxylation is 2. The Hall–Kier alpha value is -3.55. The molecule has 0 bridgehead atoms. The topological polar surface area (TPSA) is 114 Å². The molecule has 1 aliphatic rings. The molecule has 1 aliphatic carbocycles. The van der Waals surface area contributed by atoms with Crippen LogP contribution in [0.2, 0.25) is 0 Å². The van der Waals surface area contributed by atoms with E-state index in [2.05, 4.69) is 20.5 Å². The summed E-state index contributed by atoms with van der Waals surface area (Å²) in [4.78, 5) is 28.5. The van der Waals surface area contributed by atoms with E-state index in [1.165, 1.54) is 0 Å². The monoisotopic (exact) mass is 377 g/mol. The fraction of sp³-hybridized carbons (Fsp3) is 0.250. The van der Waals surface area contributed by atoms with Crippen LogP contribution < -0.4 is 5.32 Å². The summed E-state index contributed by atoms with van der Waals surface area (Å²) in [6.45, 7) is 3.45. The molecule has 0 amide bonds. The SMILES string of the molecule is Cc1ccccc1C(=O)c1cnc(C2CC2)cc1Nc1n[nH]c(C)c1[N+](=O)[O-]. The van der Waals surface area contributed by atoms with Crippen molar-refractivity contribution >= 4 is 23.0 Å². The summed E-state index contributed by atoms with van der Waals surface area (Å²) >= 11 is 0. The first-order valence-electron chi connectivity index (χ1n) is 9.02. The zero-order valence-corrected chi connectivity index (χ0v) is 15.5. The van der Waals surface area contributed by atoms with Gasteiger partial charge in [-0.05, 0) is 38.3 Å². The number of rotatable bonds is 6. The fourth-order valence-electron chi connectivity index (χ4n) is 3.19. The Kier molecular flexibility index (Phi) is 4.38. The Morgan fingerprint density at radius 1 is 1.25 bits per heavy atom. The summed E-state index contributed by atoms with van der Waals surface area (Å²) in [5, 5.41) is 21.0. The van der Waals surface area contributed by atoms with E-state index in [1.807, 2.05) is 19.1 Å². The van der Waals surface area contributed by atoms with Crippen LogP contribution in [0.1, 0.15) is 51.6 Å². The molecule has 0 saturated heterocycles. The van der Waals surface area contributed by atoms with E-state index in [-0.39, 0.29) is 17.3 Å². The highest BCUT2D eigenvalue weighted by Crippen LogP contribution is 2.41. The van der Waals surface area contributed by atoms with Gasteiger partial charge in [0.15, 0.2) is 5.78 Å². The number of carbonyl (C=O) groups excluding carboxylic acids is 1. The van der Waals surface area contributed by atoms with Crippen molar-refractivity contribution in [2.75, 3.05) is 5.32 Å². The van der Waals surface area contributed by atoms with Gasteiger partial charge in [0, 0.05) is 23.4 Å². The van der Waals surface area contributed by atoms with Crippen LogP contribution >= 0.6 is 0 Å². The lowest BCUT2D eigenvalue weighted by molar-refractivity contribution is -0.384. The summed E-state index contributed by atoms with van der Waals surface area (Å²) in [6, 6.07) is 9.11. The molecule has 1 aromatic carbocycles. The predicted molar refractivity (Wildman–Crippen MR) is 104 cm³/mol. The van der Waals surface area contributed by atoms with Crippen LogP contribution in [0.4, 0.5) is 17.2 Å². The van der Waals surface area contributed by atoms with Crippen molar-refractivity contribution in [2.45, 2.75) is 32.6 Å². The number of hydrogen-bond donors (Lipinski definition) is 2. The van der Waals surface area contributed by atoms with E-state index >= 15 is 0 Å². The van der Waals surface area contributed by atoms with Crippen LogP contribution in [0.25, 0.3) is 0 Å². The lowest BCUT2D eigenvalue weighted by Gasteiger charge is -2.12. The molecule has 8 nitrogen and oxygen atoms in total. The largest absolute Gasteiger partial charge is 0.333 e. The van der Waals surface area contributed by atoms with Gasteiger partial charge < -0.3 is 5.32 Å². The average Bonchev–Trinajstić information content (AvgIpc) is 3.45. The standard InChI is InChI=1S/C20H19N5O3/c1-11-5-3-4-6-14(11)19(26)15-10-21-16(13-7-8-13)9-17(15)22-20-18(25(27)28)12(2)23-24-20/h3-6,9-10,13H,7-8H2,1-2H3,(H2,21,22,23,24). The number of nitrogens with zero attached hydrogens (tertiary/aromatic N) is 3. The average molecular weight is 377 g/mol. The Morgan fingerprint density at radius 3 is 2.68 bits per heavy atom. The zero-order chi connectivity index (χ0) is 19.8. The number of aromatic amines is 1. The molecule has 0 spiro atoms. The molecule has 3 aromatic rings. The zero-order valence-electron chi connectivity index (χ0n) is 15.5. The number of aromatic nitrogens is 3. The third-order valence-corrected chi connectivity index (χ3v) is 4.91. The number of carbonyl (C=O) groups is 1. The van der Waals surface area contributed by atoms with Crippen molar-refractivity contribution in [3.8, 4) is 0 Å². The molecule has 0 radical (unpaired) electrons. The van der Waals surface area contributed by atoms with Crippen LogP contribution in [-0.4, -0.2) is 25.9 Å².